The summed E-state index contributed by atoms with van der Waals surface area (Å²) in [7, 11) is 0. The molecule has 1 saturated heterocycles. The normalized spacial score (nSPS) is 14.9. The topological polar surface area (TPSA) is 52.7 Å². The minimum absolute atomic E-state index is 0.182. The monoisotopic (exact) mass is 303 g/mol. The lowest BCUT2D eigenvalue weighted by Crippen LogP contribution is -2.48. The number of benzene rings is 1. The highest BCUT2D eigenvalue weighted by Gasteiger charge is 2.19. The minimum atomic E-state index is 0.182. The lowest BCUT2D eigenvalue weighted by molar-refractivity contribution is -0.135. The van der Waals surface area contributed by atoms with Crippen molar-refractivity contribution >= 4 is 12.3 Å². The van der Waals surface area contributed by atoms with Gasteiger partial charge in [-0.2, -0.15) is 0 Å². The van der Waals surface area contributed by atoms with Crippen LogP contribution in [0.15, 0.2) is 30.3 Å². The summed E-state index contributed by atoms with van der Waals surface area (Å²) in [4.78, 5) is 26.2. The maximum absolute atomic E-state index is 12.0. The van der Waals surface area contributed by atoms with E-state index in [0.717, 1.165) is 32.3 Å². The van der Waals surface area contributed by atoms with E-state index in [-0.39, 0.29) is 5.91 Å². The number of carbonyl (C=O) groups is 2. The van der Waals surface area contributed by atoms with E-state index in [1.54, 1.807) is 4.90 Å². The second-order valence-electron chi connectivity index (χ2n) is 5.61. The maximum atomic E-state index is 12.0. The molecule has 1 aromatic rings. The number of nitrogens with zero attached hydrogens (tertiary/aromatic N) is 2. The molecule has 1 aromatic carbocycles. The first-order valence-electron chi connectivity index (χ1n) is 8.01. The van der Waals surface area contributed by atoms with Crippen molar-refractivity contribution in [1.29, 1.82) is 0 Å². The Hall–Kier alpha value is -1.88. The van der Waals surface area contributed by atoms with Gasteiger partial charge in [-0.1, -0.05) is 30.3 Å². The highest BCUT2D eigenvalue weighted by atomic mass is 16.2. The van der Waals surface area contributed by atoms with Gasteiger partial charge in [-0.25, -0.2) is 0 Å². The van der Waals surface area contributed by atoms with E-state index in [0.29, 0.717) is 32.6 Å². The molecule has 1 N–H and O–H groups in total. The molecule has 2 rings (SSSR count). The summed E-state index contributed by atoms with van der Waals surface area (Å²) >= 11 is 0. The van der Waals surface area contributed by atoms with Crippen LogP contribution in [0.3, 0.4) is 0 Å². The lowest BCUT2D eigenvalue weighted by Gasteiger charge is -2.32. The quantitative estimate of drug-likeness (QED) is 0.573. The summed E-state index contributed by atoms with van der Waals surface area (Å²) in [6, 6.07) is 10.4. The third-order valence-electron chi connectivity index (χ3n) is 3.99. The number of nitrogens with one attached hydrogen (secondary N) is 1. The van der Waals surface area contributed by atoms with E-state index >= 15 is 0 Å². The molecule has 1 heterocycles. The summed E-state index contributed by atoms with van der Waals surface area (Å²) in [6.07, 6.45) is 3.54. The molecule has 0 aliphatic carbocycles. The lowest BCUT2D eigenvalue weighted by atomic mass is 10.1. The zero-order chi connectivity index (χ0) is 15.6. The average molecular weight is 303 g/mol. The molecule has 22 heavy (non-hydrogen) atoms. The molecule has 0 aromatic heterocycles. The Bertz CT molecular complexity index is 456. The minimum Gasteiger partial charge on any atom is -0.342 e. The largest absolute Gasteiger partial charge is 0.342 e. The van der Waals surface area contributed by atoms with Crippen LogP contribution in [0.5, 0.6) is 0 Å². The number of hydrogen-bond acceptors (Lipinski definition) is 3. The van der Waals surface area contributed by atoms with E-state index in [1.165, 1.54) is 5.56 Å². The predicted molar refractivity (Wildman–Crippen MR) is 86.5 cm³/mol. The number of hydrogen-bond donors (Lipinski definition) is 1. The zero-order valence-corrected chi connectivity index (χ0v) is 13.0. The molecular weight excluding hydrogens is 278 g/mol. The summed E-state index contributed by atoms with van der Waals surface area (Å²) in [5, 5.41) is 3.33. The molecule has 120 valence electrons. The van der Waals surface area contributed by atoms with Crippen molar-refractivity contribution in [3.63, 3.8) is 0 Å². The summed E-state index contributed by atoms with van der Waals surface area (Å²) in [6.45, 7) is 4.28. The number of aryl methyl sites for hydroxylation is 1. The van der Waals surface area contributed by atoms with E-state index < -0.39 is 0 Å². The molecule has 1 aliphatic heterocycles. The molecule has 0 radical (unpaired) electrons. The van der Waals surface area contributed by atoms with E-state index in [1.807, 2.05) is 11.0 Å². The third kappa shape index (κ3) is 5.48. The fourth-order valence-corrected chi connectivity index (χ4v) is 2.62. The van der Waals surface area contributed by atoms with Crippen molar-refractivity contribution in [2.24, 2.45) is 0 Å². The summed E-state index contributed by atoms with van der Waals surface area (Å²) < 4.78 is 0. The number of carbonyl (C=O) groups excluding carboxylic acids is 2. The van der Waals surface area contributed by atoms with Crippen molar-refractivity contribution < 1.29 is 9.59 Å². The Balaban J connectivity index is 1.51. The van der Waals surface area contributed by atoms with Crippen LogP contribution < -0.4 is 5.32 Å². The first-order chi connectivity index (χ1) is 10.8. The highest BCUT2D eigenvalue weighted by molar-refractivity contribution is 5.76. The molecule has 5 nitrogen and oxygen atoms in total. The Morgan fingerprint density at radius 3 is 2.50 bits per heavy atom. The van der Waals surface area contributed by atoms with Gasteiger partial charge < -0.3 is 15.1 Å². The van der Waals surface area contributed by atoms with Gasteiger partial charge in [-0.05, 0) is 24.9 Å². The van der Waals surface area contributed by atoms with Crippen molar-refractivity contribution in [3.05, 3.63) is 35.9 Å². The smallest absolute Gasteiger partial charge is 0.223 e. The van der Waals surface area contributed by atoms with Gasteiger partial charge in [0.1, 0.15) is 0 Å². The summed E-state index contributed by atoms with van der Waals surface area (Å²) in [5.41, 5.74) is 1.36. The molecule has 0 unspecified atom stereocenters. The summed E-state index contributed by atoms with van der Waals surface area (Å²) in [5.74, 6) is 0.182. The van der Waals surface area contributed by atoms with Gasteiger partial charge in [0.25, 0.3) is 0 Å². The Kier molecular flexibility index (Phi) is 6.90. The molecule has 1 aliphatic rings. The maximum Gasteiger partial charge on any atom is 0.223 e. The molecule has 5 heteroatoms. The van der Waals surface area contributed by atoms with E-state index in [9.17, 15) is 9.59 Å². The van der Waals surface area contributed by atoms with Crippen LogP contribution >= 0.6 is 0 Å². The fraction of sp³-hybridized carbons (Fsp3) is 0.529. The van der Waals surface area contributed by atoms with Crippen LogP contribution in [0.25, 0.3) is 0 Å². The van der Waals surface area contributed by atoms with Gasteiger partial charge in [0.05, 0.1) is 0 Å². The van der Waals surface area contributed by atoms with Crippen LogP contribution in [0.4, 0.5) is 0 Å². The number of piperazine rings is 1. The van der Waals surface area contributed by atoms with Crippen molar-refractivity contribution in [2.45, 2.75) is 19.3 Å². The molecule has 0 spiro atoms. The second kappa shape index (κ2) is 9.20. The second-order valence-corrected chi connectivity index (χ2v) is 5.61. The van der Waals surface area contributed by atoms with Gasteiger partial charge in [0, 0.05) is 39.1 Å². The molecule has 0 saturated carbocycles. The van der Waals surface area contributed by atoms with Crippen molar-refractivity contribution in [2.75, 3.05) is 39.3 Å². The van der Waals surface area contributed by atoms with Gasteiger partial charge in [-0.15, -0.1) is 0 Å². The first-order valence-corrected chi connectivity index (χ1v) is 8.01. The molecule has 1 fully saturated rings. The molecule has 0 bridgehead atoms. The number of amides is 2. The molecular formula is C17H25N3O2. The first kappa shape index (κ1) is 16.5. The van der Waals surface area contributed by atoms with Gasteiger partial charge in [0.15, 0.2) is 0 Å². The van der Waals surface area contributed by atoms with Crippen LogP contribution in [0.1, 0.15) is 18.4 Å². The zero-order valence-electron chi connectivity index (χ0n) is 13.0. The Morgan fingerprint density at radius 2 is 1.82 bits per heavy atom. The Labute approximate surface area is 132 Å². The van der Waals surface area contributed by atoms with Crippen molar-refractivity contribution in [1.82, 2.24) is 15.1 Å². The highest BCUT2D eigenvalue weighted by Crippen LogP contribution is 2.03. The van der Waals surface area contributed by atoms with Crippen LogP contribution in [0, 0.1) is 0 Å². The molecule has 2 amide bonds. The van der Waals surface area contributed by atoms with Crippen LogP contribution in [-0.4, -0.2) is 61.4 Å². The van der Waals surface area contributed by atoms with Gasteiger partial charge in [0.2, 0.25) is 12.3 Å². The van der Waals surface area contributed by atoms with E-state index in [4.69, 9.17) is 0 Å². The SMILES string of the molecule is O=CN1CCN(C(=O)CCNCCCc2ccccc2)CC1. The van der Waals surface area contributed by atoms with E-state index in [2.05, 4.69) is 29.6 Å². The Morgan fingerprint density at radius 1 is 1.09 bits per heavy atom. The van der Waals surface area contributed by atoms with Gasteiger partial charge in [-0.3, -0.25) is 9.59 Å². The number of rotatable bonds is 8. The van der Waals surface area contributed by atoms with Crippen molar-refractivity contribution in [3.8, 4) is 0 Å². The van der Waals surface area contributed by atoms with Crippen LogP contribution in [-0.2, 0) is 16.0 Å². The standard InChI is InChI=1S/C17H25N3O2/c21-15-19-11-13-20(14-12-19)17(22)8-10-18-9-4-7-16-5-2-1-3-6-16/h1-3,5-6,15,18H,4,7-14H2. The third-order valence-corrected chi connectivity index (χ3v) is 3.99. The van der Waals surface area contributed by atoms with Gasteiger partial charge >= 0.3 is 0 Å². The predicted octanol–water partition coefficient (Wildman–Crippen LogP) is 0.900. The fourth-order valence-electron chi connectivity index (χ4n) is 2.62. The van der Waals surface area contributed by atoms with Crippen LogP contribution in [0.2, 0.25) is 0 Å². The molecule has 0 atom stereocenters. The average Bonchev–Trinajstić information content (AvgIpc) is 2.58.